The fraction of sp³-hybridized carbons (Fsp3) is 0.0769. The second-order valence-electron chi connectivity index (χ2n) is 7.20. The Hall–Kier alpha value is -3.28. The molecule has 5 heteroatoms. The molecular weight excluding hydrogens is 420 g/mol. The number of aromatic nitrogens is 1. The Morgan fingerprint density at radius 1 is 0.871 bits per heavy atom. The van der Waals surface area contributed by atoms with Crippen LogP contribution in [0.25, 0.3) is 31.2 Å². The maximum Gasteiger partial charge on any atom is 0.265 e. The lowest BCUT2D eigenvalue weighted by atomic mass is 10.1. The van der Waals surface area contributed by atoms with Crippen molar-refractivity contribution in [1.82, 2.24) is 4.98 Å². The van der Waals surface area contributed by atoms with Gasteiger partial charge in [0, 0.05) is 16.1 Å². The minimum atomic E-state index is -0.0744. The van der Waals surface area contributed by atoms with Crippen molar-refractivity contribution >= 4 is 44.5 Å². The first kappa shape index (κ1) is 19.7. The SMILES string of the molecule is CCc1cc(C(=O)Nc2ccc(-c3nc4ccccc4s3)cc2)sc1-c1ccccc1. The Balaban J connectivity index is 1.35. The number of anilines is 1. The van der Waals surface area contributed by atoms with Gasteiger partial charge in [0.1, 0.15) is 5.01 Å². The summed E-state index contributed by atoms with van der Waals surface area (Å²) in [6, 6.07) is 28.3. The summed E-state index contributed by atoms with van der Waals surface area (Å²) in [6.07, 6.45) is 0.894. The van der Waals surface area contributed by atoms with E-state index in [9.17, 15) is 4.79 Å². The van der Waals surface area contributed by atoms with Crippen LogP contribution in [-0.2, 0) is 6.42 Å². The van der Waals surface area contributed by atoms with Gasteiger partial charge in [0.15, 0.2) is 0 Å². The molecule has 2 heterocycles. The molecule has 0 aliphatic heterocycles. The van der Waals surface area contributed by atoms with Gasteiger partial charge in [-0.05, 0) is 60.0 Å². The minimum Gasteiger partial charge on any atom is -0.321 e. The molecule has 0 fully saturated rings. The molecule has 0 atom stereocenters. The van der Waals surface area contributed by atoms with E-state index in [0.717, 1.165) is 38.6 Å². The van der Waals surface area contributed by atoms with Crippen molar-refractivity contribution < 1.29 is 4.79 Å². The summed E-state index contributed by atoms with van der Waals surface area (Å²) >= 11 is 3.22. The van der Waals surface area contributed by atoms with Crippen LogP contribution in [-0.4, -0.2) is 10.9 Å². The van der Waals surface area contributed by atoms with Crippen LogP contribution in [0, 0.1) is 0 Å². The van der Waals surface area contributed by atoms with Gasteiger partial charge in [-0.3, -0.25) is 4.79 Å². The molecular formula is C26H20N2OS2. The smallest absolute Gasteiger partial charge is 0.265 e. The van der Waals surface area contributed by atoms with Crippen molar-refractivity contribution in [3.8, 4) is 21.0 Å². The standard InChI is InChI=1S/C26H20N2OS2/c1-2-17-16-23(30-24(17)18-8-4-3-5-9-18)25(29)27-20-14-12-19(13-15-20)26-28-21-10-6-7-11-22(21)31-26/h3-16H,2H2,1H3,(H,27,29). The molecule has 5 rings (SSSR count). The molecule has 2 aromatic heterocycles. The maximum absolute atomic E-state index is 12.9. The number of nitrogens with one attached hydrogen (secondary N) is 1. The van der Waals surface area contributed by atoms with Crippen LogP contribution in [0.2, 0.25) is 0 Å². The van der Waals surface area contributed by atoms with E-state index in [-0.39, 0.29) is 5.91 Å². The molecule has 0 bridgehead atoms. The third-order valence-corrected chi connectivity index (χ3v) is 7.44. The minimum absolute atomic E-state index is 0.0744. The average Bonchev–Trinajstić information content (AvgIpc) is 3.45. The molecule has 0 spiro atoms. The van der Waals surface area contributed by atoms with Crippen LogP contribution < -0.4 is 5.32 Å². The predicted octanol–water partition coefficient (Wildman–Crippen LogP) is 7.51. The monoisotopic (exact) mass is 440 g/mol. The molecule has 1 N–H and O–H groups in total. The van der Waals surface area contributed by atoms with Crippen LogP contribution in [0.3, 0.4) is 0 Å². The van der Waals surface area contributed by atoms with Crippen molar-refractivity contribution in [1.29, 1.82) is 0 Å². The van der Waals surface area contributed by atoms with Gasteiger partial charge in [-0.1, -0.05) is 49.4 Å². The van der Waals surface area contributed by atoms with Gasteiger partial charge in [0.05, 0.1) is 15.1 Å². The number of hydrogen-bond acceptors (Lipinski definition) is 4. The number of hydrogen-bond donors (Lipinski definition) is 1. The number of rotatable bonds is 5. The van der Waals surface area contributed by atoms with Crippen LogP contribution in [0.4, 0.5) is 5.69 Å². The first-order valence-electron chi connectivity index (χ1n) is 10.2. The number of thiophene rings is 1. The van der Waals surface area contributed by atoms with Crippen molar-refractivity contribution in [3.63, 3.8) is 0 Å². The Morgan fingerprint density at radius 3 is 2.35 bits per heavy atom. The molecule has 0 unspecified atom stereocenters. The van der Waals surface area contributed by atoms with E-state index in [1.807, 2.05) is 66.7 Å². The van der Waals surface area contributed by atoms with Crippen LogP contribution in [0.15, 0.2) is 84.9 Å². The molecule has 5 aromatic rings. The van der Waals surface area contributed by atoms with Gasteiger partial charge >= 0.3 is 0 Å². The summed E-state index contributed by atoms with van der Waals surface area (Å²) < 4.78 is 1.17. The number of carbonyl (C=O) groups is 1. The summed E-state index contributed by atoms with van der Waals surface area (Å²) in [5.74, 6) is -0.0744. The Kier molecular flexibility index (Phi) is 5.37. The third-order valence-electron chi connectivity index (χ3n) is 5.13. The van der Waals surface area contributed by atoms with Gasteiger partial charge in [-0.2, -0.15) is 0 Å². The highest BCUT2D eigenvalue weighted by atomic mass is 32.1. The number of aryl methyl sites for hydroxylation is 1. The quantitative estimate of drug-likeness (QED) is 0.307. The summed E-state index contributed by atoms with van der Waals surface area (Å²) in [4.78, 5) is 19.5. The number of amides is 1. The largest absolute Gasteiger partial charge is 0.321 e. The highest BCUT2D eigenvalue weighted by Gasteiger charge is 2.15. The van der Waals surface area contributed by atoms with Gasteiger partial charge in [0.2, 0.25) is 0 Å². The summed E-state index contributed by atoms with van der Waals surface area (Å²) in [5.41, 5.74) is 5.20. The van der Waals surface area contributed by atoms with E-state index in [4.69, 9.17) is 4.98 Å². The Labute approximate surface area is 189 Å². The molecule has 0 saturated heterocycles. The van der Waals surface area contributed by atoms with E-state index < -0.39 is 0 Å². The molecule has 0 saturated carbocycles. The zero-order valence-corrected chi connectivity index (χ0v) is 18.6. The Morgan fingerprint density at radius 2 is 1.61 bits per heavy atom. The summed E-state index contributed by atoms with van der Waals surface area (Å²) in [5, 5.41) is 4.02. The lowest BCUT2D eigenvalue weighted by Gasteiger charge is -2.04. The lowest BCUT2D eigenvalue weighted by molar-refractivity contribution is 0.103. The summed E-state index contributed by atoms with van der Waals surface area (Å²) in [7, 11) is 0. The molecule has 0 aliphatic carbocycles. The van der Waals surface area contributed by atoms with Crippen LogP contribution in [0.1, 0.15) is 22.2 Å². The van der Waals surface area contributed by atoms with E-state index >= 15 is 0 Å². The van der Waals surface area contributed by atoms with Crippen molar-refractivity contribution in [2.45, 2.75) is 13.3 Å². The van der Waals surface area contributed by atoms with Gasteiger partial charge in [0.25, 0.3) is 5.91 Å². The molecule has 3 nitrogen and oxygen atoms in total. The maximum atomic E-state index is 12.9. The van der Waals surface area contributed by atoms with E-state index in [1.54, 1.807) is 22.7 Å². The van der Waals surface area contributed by atoms with E-state index in [1.165, 1.54) is 15.1 Å². The fourth-order valence-corrected chi connectivity index (χ4v) is 5.65. The zero-order chi connectivity index (χ0) is 21.2. The Bertz CT molecular complexity index is 1320. The van der Waals surface area contributed by atoms with Crippen molar-refractivity contribution in [2.75, 3.05) is 5.32 Å². The van der Waals surface area contributed by atoms with Crippen LogP contribution in [0.5, 0.6) is 0 Å². The van der Waals surface area contributed by atoms with Gasteiger partial charge < -0.3 is 5.32 Å². The lowest BCUT2D eigenvalue weighted by Crippen LogP contribution is -2.09. The van der Waals surface area contributed by atoms with Crippen molar-refractivity contribution in [3.05, 3.63) is 95.4 Å². The summed E-state index contributed by atoms with van der Waals surface area (Å²) in [6.45, 7) is 2.12. The molecule has 0 radical (unpaired) electrons. The molecule has 3 aromatic carbocycles. The van der Waals surface area contributed by atoms with Gasteiger partial charge in [-0.25, -0.2) is 4.98 Å². The molecule has 1 amide bonds. The first-order valence-corrected chi connectivity index (χ1v) is 11.8. The number of benzene rings is 3. The number of carbonyl (C=O) groups excluding carboxylic acids is 1. The normalized spacial score (nSPS) is 11.0. The second kappa shape index (κ2) is 8.46. The molecule has 152 valence electrons. The zero-order valence-electron chi connectivity index (χ0n) is 17.0. The first-order chi connectivity index (χ1) is 15.2. The van der Waals surface area contributed by atoms with Gasteiger partial charge in [-0.15, -0.1) is 22.7 Å². The van der Waals surface area contributed by atoms with E-state index in [2.05, 4.69) is 30.4 Å². The van der Waals surface area contributed by atoms with E-state index in [0.29, 0.717) is 0 Å². The third kappa shape index (κ3) is 4.02. The highest BCUT2D eigenvalue weighted by Crippen LogP contribution is 2.34. The molecule has 0 aliphatic rings. The number of thiazole rings is 1. The van der Waals surface area contributed by atoms with Crippen molar-refractivity contribution in [2.24, 2.45) is 0 Å². The highest BCUT2D eigenvalue weighted by molar-refractivity contribution is 7.21. The number of fused-ring (bicyclic) bond motifs is 1. The number of para-hydroxylation sites is 1. The number of nitrogens with zero attached hydrogens (tertiary/aromatic N) is 1. The predicted molar refractivity (Wildman–Crippen MR) is 132 cm³/mol. The average molecular weight is 441 g/mol. The van der Waals surface area contributed by atoms with Crippen LogP contribution >= 0.6 is 22.7 Å². The molecule has 31 heavy (non-hydrogen) atoms. The second-order valence-corrected chi connectivity index (χ2v) is 9.29. The topological polar surface area (TPSA) is 42.0 Å². The fourth-order valence-electron chi connectivity index (χ4n) is 3.52.